The monoisotopic (exact) mass is 436 g/mol. The van der Waals surface area contributed by atoms with Crippen LogP contribution in [0.1, 0.15) is 46.1 Å². The van der Waals surface area contributed by atoms with E-state index in [-0.39, 0.29) is 11.9 Å². The summed E-state index contributed by atoms with van der Waals surface area (Å²) in [5.41, 5.74) is 0.397. The van der Waals surface area contributed by atoms with Crippen molar-refractivity contribution < 1.29 is 9.53 Å². The maximum atomic E-state index is 13.2. The van der Waals surface area contributed by atoms with E-state index in [1.54, 1.807) is 0 Å². The Balaban J connectivity index is 1.31. The molecule has 2 nitrogen and oxygen atoms in total. The van der Waals surface area contributed by atoms with Gasteiger partial charge in [0.25, 0.3) is 0 Å². The SMILES string of the molecule is CC1C2CC(C(=O)OC(C)(C)c3ccc4cc5cc6ccccc6cc5cc4c3)C(C2)C1C. The van der Waals surface area contributed by atoms with E-state index in [1.807, 2.05) is 13.8 Å². The van der Waals surface area contributed by atoms with Crippen LogP contribution in [0.3, 0.4) is 0 Å². The van der Waals surface area contributed by atoms with Crippen LogP contribution in [0, 0.1) is 29.6 Å². The topological polar surface area (TPSA) is 26.3 Å². The van der Waals surface area contributed by atoms with Crippen molar-refractivity contribution in [2.75, 3.05) is 0 Å². The fourth-order valence-electron chi connectivity index (χ4n) is 6.66. The van der Waals surface area contributed by atoms with Crippen molar-refractivity contribution in [2.24, 2.45) is 29.6 Å². The van der Waals surface area contributed by atoms with Crippen LogP contribution in [-0.4, -0.2) is 5.97 Å². The summed E-state index contributed by atoms with van der Waals surface area (Å²) in [4.78, 5) is 13.2. The van der Waals surface area contributed by atoms with Crippen LogP contribution in [-0.2, 0) is 15.1 Å². The molecule has 2 bridgehead atoms. The third-order valence-corrected chi connectivity index (χ3v) is 8.91. The minimum atomic E-state index is -0.652. The number of carbonyl (C=O) groups excluding carboxylic acids is 1. The van der Waals surface area contributed by atoms with Gasteiger partial charge in [0.1, 0.15) is 5.60 Å². The third-order valence-electron chi connectivity index (χ3n) is 8.91. The van der Waals surface area contributed by atoms with Crippen LogP contribution in [0.25, 0.3) is 32.3 Å². The lowest BCUT2D eigenvalue weighted by Gasteiger charge is -2.33. The highest BCUT2D eigenvalue weighted by Gasteiger charge is 2.52. The molecule has 0 amide bonds. The van der Waals surface area contributed by atoms with E-state index in [2.05, 4.69) is 80.6 Å². The van der Waals surface area contributed by atoms with E-state index in [1.165, 1.54) is 38.7 Å². The molecule has 0 spiro atoms. The van der Waals surface area contributed by atoms with E-state index in [9.17, 15) is 4.79 Å². The molecule has 0 saturated heterocycles. The Morgan fingerprint density at radius 1 is 0.758 bits per heavy atom. The molecule has 5 atom stereocenters. The molecule has 2 heteroatoms. The lowest BCUT2D eigenvalue weighted by atomic mass is 9.75. The lowest BCUT2D eigenvalue weighted by Crippen LogP contribution is -2.35. The molecule has 5 unspecified atom stereocenters. The quantitative estimate of drug-likeness (QED) is 0.241. The van der Waals surface area contributed by atoms with Crippen LogP contribution in [0.2, 0.25) is 0 Å². The molecule has 0 heterocycles. The maximum Gasteiger partial charge on any atom is 0.310 e. The number of rotatable bonds is 3. The first-order valence-electron chi connectivity index (χ1n) is 12.4. The highest BCUT2D eigenvalue weighted by atomic mass is 16.6. The van der Waals surface area contributed by atoms with Crippen LogP contribution in [0.4, 0.5) is 0 Å². The zero-order valence-electron chi connectivity index (χ0n) is 20.0. The summed E-state index contributed by atoms with van der Waals surface area (Å²) in [6.45, 7) is 8.72. The molecular weight excluding hydrogens is 404 g/mol. The summed E-state index contributed by atoms with van der Waals surface area (Å²) in [6.07, 6.45) is 2.20. The Morgan fingerprint density at radius 2 is 1.33 bits per heavy atom. The van der Waals surface area contributed by atoms with Gasteiger partial charge >= 0.3 is 5.97 Å². The van der Waals surface area contributed by atoms with Crippen LogP contribution < -0.4 is 0 Å². The number of fused-ring (bicyclic) bond motifs is 5. The second-order valence-electron chi connectivity index (χ2n) is 11.1. The Labute approximate surface area is 195 Å². The van der Waals surface area contributed by atoms with Gasteiger partial charge in [0.15, 0.2) is 0 Å². The fraction of sp³-hybridized carbons (Fsp3) is 0.387. The molecule has 0 aliphatic heterocycles. The normalized spacial score (nSPS) is 27.0. The molecule has 6 rings (SSSR count). The lowest BCUT2D eigenvalue weighted by molar-refractivity contribution is -0.165. The summed E-state index contributed by atoms with van der Waals surface area (Å²) >= 11 is 0. The van der Waals surface area contributed by atoms with Gasteiger partial charge in [-0.3, -0.25) is 4.79 Å². The maximum absolute atomic E-state index is 13.2. The number of ether oxygens (including phenoxy) is 1. The number of hydrogen-bond donors (Lipinski definition) is 0. The molecule has 2 fully saturated rings. The van der Waals surface area contributed by atoms with E-state index in [0.717, 1.165) is 17.9 Å². The molecule has 2 saturated carbocycles. The van der Waals surface area contributed by atoms with Crippen LogP contribution in [0.5, 0.6) is 0 Å². The average Bonchev–Trinajstić information content (AvgIpc) is 3.35. The zero-order chi connectivity index (χ0) is 22.9. The van der Waals surface area contributed by atoms with Gasteiger partial charge in [0.2, 0.25) is 0 Å². The van der Waals surface area contributed by atoms with E-state index in [0.29, 0.717) is 17.8 Å². The highest BCUT2D eigenvalue weighted by Crippen LogP contribution is 2.55. The predicted octanol–water partition coefficient (Wildman–Crippen LogP) is 7.85. The molecular formula is C31H32O2. The Bertz CT molecular complexity index is 1400. The van der Waals surface area contributed by atoms with Gasteiger partial charge in [-0.25, -0.2) is 0 Å². The van der Waals surface area contributed by atoms with Crippen molar-refractivity contribution in [3.05, 3.63) is 72.3 Å². The summed E-state index contributed by atoms with van der Waals surface area (Å²) in [6, 6.07) is 24.0. The molecule has 0 N–H and O–H groups in total. The Morgan fingerprint density at radius 3 is 1.94 bits per heavy atom. The average molecular weight is 437 g/mol. The minimum absolute atomic E-state index is 0.00340. The summed E-state index contributed by atoms with van der Waals surface area (Å²) < 4.78 is 6.20. The molecule has 0 radical (unpaired) electrons. The number of esters is 1. The van der Waals surface area contributed by atoms with Gasteiger partial charge in [0.05, 0.1) is 5.92 Å². The van der Waals surface area contributed by atoms with Gasteiger partial charge in [-0.05, 0) is 119 Å². The van der Waals surface area contributed by atoms with Gasteiger partial charge in [0, 0.05) is 0 Å². The van der Waals surface area contributed by atoms with Crippen molar-refractivity contribution in [3.63, 3.8) is 0 Å². The van der Waals surface area contributed by atoms with Crippen LogP contribution in [0.15, 0.2) is 66.7 Å². The third kappa shape index (κ3) is 3.34. The van der Waals surface area contributed by atoms with Crippen molar-refractivity contribution in [2.45, 2.75) is 46.1 Å². The molecule has 4 aromatic carbocycles. The van der Waals surface area contributed by atoms with Crippen molar-refractivity contribution >= 4 is 38.3 Å². The number of hydrogen-bond acceptors (Lipinski definition) is 2. The Hall–Kier alpha value is -2.87. The van der Waals surface area contributed by atoms with Crippen molar-refractivity contribution in [1.29, 1.82) is 0 Å². The molecule has 0 aromatic heterocycles. The van der Waals surface area contributed by atoms with E-state index in [4.69, 9.17) is 4.74 Å². The van der Waals surface area contributed by atoms with E-state index >= 15 is 0 Å². The van der Waals surface area contributed by atoms with Gasteiger partial charge < -0.3 is 4.74 Å². The first-order chi connectivity index (χ1) is 15.8. The van der Waals surface area contributed by atoms with Crippen molar-refractivity contribution in [1.82, 2.24) is 0 Å². The summed E-state index contributed by atoms with van der Waals surface area (Å²) in [5, 5.41) is 7.39. The Kier molecular flexibility index (Phi) is 4.59. The van der Waals surface area contributed by atoms with Crippen molar-refractivity contribution in [3.8, 4) is 0 Å². The fourth-order valence-corrected chi connectivity index (χ4v) is 6.66. The first kappa shape index (κ1) is 20.7. The number of carbonyl (C=O) groups is 1. The first-order valence-corrected chi connectivity index (χ1v) is 12.4. The molecule has 4 aromatic rings. The molecule has 2 aliphatic rings. The van der Waals surface area contributed by atoms with Gasteiger partial charge in [-0.15, -0.1) is 0 Å². The second-order valence-corrected chi connectivity index (χ2v) is 11.1. The summed E-state index contributed by atoms with van der Waals surface area (Å²) in [7, 11) is 0. The smallest absolute Gasteiger partial charge is 0.310 e. The zero-order valence-corrected chi connectivity index (χ0v) is 20.0. The second kappa shape index (κ2) is 7.32. The van der Waals surface area contributed by atoms with Crippen LogP contribution >= 0.6 is 0 Å². The standard InChI is InChI=1S/C31H32O2/c1-18-19(2)28-16-23(18)17-29(28)30(32)33-31(3,4)27-10-9-22-13-24-11-20-7-5-6-8-21(20)12-25(24)14-26(22)15-27/h5-15,18-19,23,28-29H,16-17H2,1-4H3. The predicted molar refractivity (Wildman–Crippen MR) is 136 cm³/mol. The van der Waals surface area contributed by atoms with Gasteiger partial charge in [-0.1, -0.05) is 50.2 Å². The minimum Gasteiger partial charge on any atom is -0.455 e. The molecule has 33 heavy (non-hydrogen) atoms. The largest absolute Gasteiger partial charge is 0.455 e. The van der Waals surface area contributed by atoms with E-state index < -0.39 is 5.60 Å². The summed E-state index contributed by atoms with van der Waals surface area (Å²) in [5.74, 6) is 2.60. The van der Waals surface area contributed by atoms with Gasteiger partial charge in [-0.2, -0.15) is 0 Å². The highest BCUT2D eigenvalue weighted by molar-refractivity contribution is 6.04. The number of benzene rings is 4. The molecule has 168 valence electrons. The molecule has 2 aliphatic carbocycles.